The first-order valence-corrected chi connectivity index (χ1v) is 3.84. The van der Waals surface area contributed by atoms with E-state index >= 15 is 0 Å². The smallest absolute Gasteiger partial charge is 0.0386 e. The molecule has 0 aliphatic heterocycles. The topological polar surface area (TPSA) is 0 Å². The van der Waals surface area contributed by atoms with Crippen LogP contribution in [0.2, 0.25) is 0 Å². The van der Waals surface area contributed by atoms with Gasteiger partial charge >= 0.3 is 0 Å². The van der Waals surface area contributed by atoms with Gasteiger partial charge in [0.15, 0.2) is 0 Å². The second-order valence-electron chi connectivity index (χ2n) is 3.12. The average Bonchev–Trinajstić information content (AvgIpc) is 2.42. The molecular weight excluding hydrogens is 96.1 g/mol. The summed E-state index contributed by atoms with van der Waals surface area (Å²) in [5.74, 6) is 2.19. The average molecular weight is 112 g/mol. The predicted molar refractivity (Wildman–Crippen MR) is 36.8 cm³/mol. The Morgan fingerprint density at radius 2 is 2.12 bits per heavy atom. The fraction of sp³-hybridized carbons (Fsp3) is 1.00. The Labute approximate surface area is 52.3 Å². The highest BCUT2D eigenvalue weighted by Crippen LogP contribution is 2.41. The van der Waals surface area contributed by atoms with Gasteiger partial charge in [-0.25, -0.2) is 0 Å². The van der Waals surface area contributed by atoms with Gasteiger partial charge in [-0.05, 0) is 18.3 Å². The molecular formula is C8H16. The van der Waals surface area contributed by atoms with Crippen LogP contribution in [-0.2, 0) is 0 Å². The summed E-state index contributed by atoms with van der Waals surface area (Å²) in [6, 6.07) is 0. The van der Waals surface area contributed by atoms with Gasteiger partial charge in [-0.1, -0.05) is 33.1 Å². The molecule has 0 nitrogen and oxygen atoms in total. The molecule has 0 aromatic heterocycles. The van der Waals surface area contributed by atoms with Gasteiger partial charge < -0.3 is 0 Å². The molecule has 0 heteroatoms. The molecule has 0 spiro atoms. The van der Waals surface area contributed by atoms with Crippen molar-refractivity contribution < 1.29 is 0 Å². The van der Waals surface area contributed by atoms with E-state index in [0.717, 1.165) is 11.8 Å². The molecule has 2 atom stereocenters. The second-order valence-corrected chi connectivity index (χ2v) is 3.12. The summed E-state index contributed by atoms with van der Waals surface area (Å²) in [4.78, 5) is 0. The molecule has 1 aliphatic carbocycles. The Kier molecular flexibility index (Phi) is 1.93. The monoisotopic (exact) mass is 112 g/mol. The maximum Gasteiger partial charge on any atom is -0.0386 e. The van der Waals surface area contributed by atoms with E-state index in [4.69, 9.17) is 0 Å². The van der Waals surface area contributed by atoms with E-state index in [-0.39, 0.29) is 0 Å². The van der Waals surface area contributed by atoms with Crippen LogP contribution in [0.25, 0.3) is 0 Å². The molecule has 0 radical (unpaired) electrons. The molecule has 2 unspecified atom stereocenters. The molecule has 0 N–H and O–H groups in total. The largest absolute Gasteiger partial charge is 0.0654 e. The molecule has 0 amide bonds. The summed E-state index contributed by atoms with van der Waals surface area (Å²) in [5.41, 5.74) is 0. The minimum absolute atomic E-state index is 1.07. The molecule has 0 aromatic rings. The van der Waals surface area contributed by atoms with E-state index in [1.54, 1.807) is 0 Å². The third-order valence-corrected chi connectivity index (χ3v) is 2.20. The van der Waals surface area contributed by atoms with E-state index in [1.165, 1.54) is 25.7 Å². The van der Waals surface area contributed by atoms with Crippen LogP contribution in [0.15, 0.2) is 0 Å². The normalized spacial score (nSPS) is 35.2. The fourth-order valence-electron chi connectivity index (χ4n) is 1.27. The summed E-state index contributed by atoms with van der Waals surface area (Å²) in [6.07, 6.45) is 5.84. The SMILES string of the molecule is CCCCC1CC1C. The quantitative estimate of drug-likeness (QED) is 0.526. The van der Waals surface area contributed by atoms with Crippen molar-refractivity contribution in [3.8, 4) is 0 Å². The lowest BCUT2D eigenvalue weighted by molar-refractivity contribution is 0.620. The first-order chi connectivity index (χ1) is 3.84. The standard InChI is InChI=1S/C8H16/c1-3-4-5-8-6-7(8)2/h7-8H,3-6H2,1-2H3. The lowest BCUT2D eigenvalue weighted by atomic mass is 10.2. The second kappa shape index (κ2) is 2.52. The van der Waals surface area contributed by atoms with Crippen molar-refractivity contribution in [1.82, 2.24) is 0 Å². The van der Waals surface area contributed by atoms with Crippen molar-refractivity contribution in [2.24, 2.45) is 11.8 Å². The summed E-state index contributed by atoms with van der Waals surface area (Å²) < 4.78 is 0. The highest BCUT2D eigenvalue weighted by atomic mass is 14.4. The number of hydrogen-bond donors (Lipinski definition) is 0. The molecule has 0 aromatic carbocycles. The first kappa shape index (κ1) is 6.12. The maximum atomic E-state index is 2.36. The van der Waals surface area contributed by atoms with Gasteiger partial charge in [-0.3, -0.25) is 0 Å². The number of hydrogen-bond acceptors (Lipinski definition) is 0. The fourth-order valence-corrected chi connectivity index (χ4v) is 1.27. The lowest BCUT2D eigenvalue weighted by Crippen LogP contribution is -1.77. The zero-order chi connectivity index (χ0) is 5.98. The van der Waals surface area contributed by atoms with Gasteiger partial charge in [0.05, 0.1) is 0 Å². The zero-order valence-electron chi connectivity index (χ0n) is 5.98. The predicted octanol–water partition coefficient (Wildman–Crippen LogP) is 2.83. The third kappa shape index (κ3) is 1.50. The minimum Gasteiger partial charge on any atom is -0.0654 e. The van der Waals surface area contributed by atoms with Crippen LogP contribution in [0.5, 0.6) is 0 Å². The molecule has 0 saturated heterocycles. The first-order valence-electron chi connectivity index (χ1n) is 3.84. The molecule has 1 rings (SSSR count). The highest BCUT2D eigenvalue weighted by molar-refractivity contribution is 4.81. The number of unbranched alkanes of at least 4 members (excludes halogenated alkanes) is 1. The van der Waals surface area contributed by atoms with Crippen molar-refractivity contribution in [1.29, 1.82) is 0 Å². The van der Waals surface area contributed by atoms with Crippen molar-refractivity contribution in [2.45, 2.75) is 39.5 Å². The van der Waals surface area contributed by atoms with Crippen LogP contribution in [0.3, 0.4) is 0 Å². The Morgan fingerprint density at radius 1 is 1.50 bits per heavy atom. The van der Waals surface area contributed by atoms with Crippen molar-refractivity contribution in [3.63, 3.8) is 0 Å². The summed E-state index contributed by atoms with van der Waals surface area (Å²) in [6.45, 7) is 4.63. The molecule has 0 heterocycles. The molecule has 0 bridgehead atoms. The Morgan fingerprint density at radius 3 is 2.50 bits per heavy atom. The van der Waals surface area contributed by atoms with Crippen molar-refractivity contribution in [2.75, 3.05) is 0 Å². The van der Waals surface area contributed by atoms with Gasteiger partial charge in [-0.2, -0.15) is 0 Å². The molecule has 1 fully saturated rings. The van der Waals surface area contributed by atoms with E-state index < -0.39 is 0 Å². The van der Waals surface area contributed by atoms with Crippen molar-refractivity contribution >= 4 is 0 Å². The maximum absolute atomic E-state index is 2.36. The Bertz CT molecular complexity index is 66.4. The molecule has 8 heavy (non-hydrogen) atoms. The Hall–Kier alpha value is 0. The van der Waals surface area contributed by atoms with Crippen LogP contribution in [0, 0.1) is 11.8 Å². The summed E-state index contributed by atoms with van der Waals surface area (Å²) in [7, 11) is 0. The molecule has 1 aliphatic rings. The Balaban J connectivity index is 1.89. The van der Waals surface area contributed by atoms with E-state index in [0.29, 0.717) is 0 Å². The van der Waals surface area contributed by atoms with Gasteiger partial charge in [0, 0.05) is 0 Å². The van der Waals surface area contributed by atoms with E-state index in [9.17, 15) is 0 Å². The van der Waals surface area contributed by atoms with Gasteiger partial charge in [0.25, 0.3) is 0 Å². The van der Waals surface area contributed by atoms with Crippen LogP contribution in [0.4, 0.5) is 0 Å². The van der Waals surface area contributed by atoms with Crippen molar-refractivity contribution in [3.05, 3.63) is 0 Å². The van der Waals surface area contributed by atoms with Gasteiger partial charge in [-0.15, -0.1) is 0 Å². The minimum atomic E-state index is 1.07. The van der Waals surface area contributed by atoms with E-state index in [2.05, 4.69) is 13.8 Å². The van der Waals surface area contributed by atoms with Crippen LogP contribution in [0.1, 0.15) is 39.5 Å². The molecule has 1 saturated carbocycles. The van der Waals surface area contributed by atoms with Crippen LogP contribution >= 0.6 is 0 Å². The van der Waals surface area contributed by atoms with Crippen LogP contribution < -0.4 is 0 Å². The third-order valence-electron chi connectivity index (χ3n) is 2.20. The zero-order valence-corrected chi connectivity index (χ0v) is 5.98. The summed E-state index contributed by atoms with van der Waals surface area (Å²) >= 11 is 0. The van der Waals surface area contributed by atoms with Gasteiger partial charge in [0.1, 0.15) is 0 Å². The lowest BCUT2D eigenvalue weighted by Gasteiger charge is -1.91. The van der Waals surface area contributed by atoms with Gasteiger partial charge in [0.2, 0.25) is 0 Å². The van der Waals surface area contributed by atoms with Crippen LogP contribution in [-0.4, -0.2) is 0 Å². The number of rotatable bonds is 3. The van der Waals surface area contributed by atoms with E-state index in [1.807, 2.05) is 0 Å². The molecule has 48 valence electrons. The highest BCUT2D eigenvalue weighted by Gasteiger charge is 2.30. The summed E-state index contributed by atoms with van der Waals surface area (Å²) in [5, 5.41) is 0.